The van der Waals surface area contributed by atoms with E-state index >= 15 is 0 Å². The first-order valence-corrected chi connectivity index (χ1v) is 12.2. The van der Waals surface area contributed by atoms with Gasteiger partial charge < -0.3 is 9.74 Å². The Labute approximate surface area is 153 Å². The second-order valence-corrected chi connectivity index (χ2v) is 14.0. The van der Waals surface area contributed by atoms with Crippen LogP contribution in [-0.2, 0) is 14.0 Å². The third-order valence-corrected chi connectivity index (χ3v) is 10.8. The Morgan fingerprint density at radius 2 is 2.00 bits per heavy atom. The summed E-state index contributed by atoms with van der Waals surface area (Å²) in [6.45, 7) is 15.0. The van der Waals surface area contributed by atoms with E-state index in [-0.39, 0.29) is 40.8 Å². The van der Waals surface area contributed by atoms with E-state index in [1.54, 1.807) is 0 Å². The number of ketones is 1. The van der Waals surface area contributed by atoms with Crippen molar-refractivity contribution >= 4 is 20.0 Å². The Bertz CT molecular complexity index is 522. The molecule has 0 aromatic carbocycles. The molecule has 0 aromatic heterocycles. The van der Waals surface area contributed by atoms with E-state index in [2.05, 4.69) is 51.5 Å². The van der Waals surface area contributed by atoms with Gasteiger partial charge in [-0.2, -0.15) is 0 Å². The van der Waals surface area contributed by atoms with E-state index in [4.69, 9.17) is 4.43 Å². The average molecular weight is 370 g/mol. The molecule has 2 rings (SSSR count). The quantitative estimate of drug-likeness (QED) is 0.554. The zero-order valence-corrected chi connectivity index (χ0v) is 18.0. The molecule has 6 nitrogen and oxygen atoms in total. The van der Waals surface area contributed by atoms with Gasteiger partial charge in [0.15, 0.2) is 14.1 Å². The van der Waals surface area contributed by atoms with Crippen LogP contribution in [0, 0.1) is 5.92 Å². The number of nitrogens with one attached hydrogen (secondary N) is 2. The largest absolute Gasteiger partial charge is 0.413 e. The molecule has 2 heterocycles. The van der Waals surface area contributed by atoms with Gasteiger partial charge in [-0.25, -0.2) is 10.4 Å². The van der Waals surface area contributed by atoms with Crippen molar-refractivity contribution in [2.24, 2.45) is 5.92 Å². The van der Waals surface area contributed by atoms with Crippen molar-refractivity contribution in [3.63, 3.8) is 0 Å². The maximum Gasteiger partial charge on any atom is 0.228 e. The molecule has 2 fully saturated rings. The van der Waals surface area contributed by atoms with Crippen molar-refractivity contribution in [1.82, 2.24) is 15.8 Å². The summed E-state index contributed by atoms with van der Waals surface area (Å²) < 4.78 is 6.39. The number of carbonyl (C=O) groups is 2. The molecular weight excluding hydrogens is 334 g/mol. The highest BCUT2D eigenvalue weighted by Crippen LogP contribution is 2.39. The van der Waals surface area contributed by atoms with E-state index in [1.807, 2.05) is 19.0 Å². The molecule has 0 radical (unpaired) electrons. The van der Waals surface area contributed by atoms with Crippen molar-refractivity contribution in [2.45, 2.75) is 89.8 Å². The van der Waals surface area contributed by atoms with Gasteiger partial charge in [-0.05, 0) is 38.4 Å². The van der Waals surface area contributed by atoms with Crippen LogP contribution in [0.5, 0.6) is 0 Å². The SMILES string of the molecule is CC1CC(C(=O)C[C@H]2NC(=O)[C@@H]2[C@@H](C)O[Si](C)(C)C(C)(C)C)NN1C. The summed E-state index contributed by atoms with van der Waals surface area (Å²) in [6, 6.07) is 0.0964. The number of nitrogens with zero attached hydrogens (tertiary/aromatic N) is 1. The summed E-state index contributed by atoms with van der Waals surface area (Å²) in [4.78, 5) is 24.7. The molecule has 7 heteroatoms. The summed E-state index contributed by atoms with van der Waals surface area (Å²) >= 11 is 0. The summed E-state index contributed by atoms with van der Waals surface area (Å²) in [7, 11) is 0.0193. The summed E-state index contributed by atoms with van der Waals surface area (Å²) in [5.41, 5.74) is 3.22. The van der Waals surface area contributed by atoms with Crippen molar-refractivity contribution in [1.29, 1.82) is 0 Å². The first kappa shape index (κ1) is 20.5. The monoisotopic (exact) mass is 369 g/mol. The lowest BCUT2D eigenvalue weighted by Crippen LogP contribution is -2.64. The number of carbonyl (C=O) groups excluding carboxylic acids is 2. The Morgan fingerprint density at radius 3 is 2.44 bits per heavy atom. The standard InChI is InChI=1S/C18H35N3O3Si/c1-11-9-13(20-21(11)6)15(22)10-14-16(17(23)19-14)12(2)24-25(7,8)18(3,4)5/h11-14,16,20H,9-10H2,1-8H3,(H,19,23)/t11?,12-,13?,14-,16-/m1/s1. The molecule has 0 aliphatic carbocycles. The zero-order chi connectivity index (χ0) is 19.2. The second kappa shape index (κ2) is 7.10. The van der Waals surface area contributed by atoms with Crippen molar-refractivity contribution in [3.05, 3.63) is 0 Å². The highest BCUT2D eigenvalue weighted by molar-refractivity contribution is 6.74. The van der Waals surface area contributed by atoms with Gasteiger partial charge in [0.1, 0.15) is 0 Å². The number of hydrogen-bond donors (Lipinski definition) is 2. The highest BCUT2D eigenvalue weighted by atomic mass is 28.4. The summed E-state index contributed by atoms with van der Waals surface area (Å²) in [5.74, 6) is -0.0470. The Morgan fingerprint density at radius 1 is 1.40 bits per heavy atom. The van der Waals surface area contributed by atoms with Crippen LogP contribution in [0.25, 0.3) is 0 Å². The summed E-state index contributed by atoms with van der Waals surface area (Å²) in [6.07, 6.45) is 1.03. The van der Waals surface area contributed by atoms with E-state index in [0.29, 0.717) is 12.5 Å². The minimum atomic E-state index is -1.94. The molecule has 0 bridgehead atoms. The van der Waals surface area contributed by atoms with Crippen LogP contribution in [0.3, 0.4) is 0 Å². The predicted octanol–water partition coefficient (Wildman–Crippen LogP) is 2.07. The van der Waals surface area contributed by atoms with Crippen molar-refractivity contribution in [2.75, 3.05) is 7.05 Å². The van der Waals surface area contributed by atoms with Gasteiger partial charge in [-0.3, -0.25) is 9.59 Å². The molecule has 144 valence electrons. The van der Waals surface area contributed by atoms with Gasteiger partial charge in [0.05, 0.1) is 18.1 Å². The lowest BCUT2D eigenvalue weighted by molar-refractivity contribution is -0.141. The van der Waals surface area contributed by atoms with E-state index in [1.165, 1.54) is 0 Å². The fourth-order valence-corrected chi connectivity index (χ4v) is 4.81. The molecule has 2 aliphatic heterocycles. The third kappa shape index (κ3) is 4.32. The molecule has 0 spiro atoms. The topological polar surface area (TPSA) is 70.7 Å². The van der Waals surface area contributed by atoms with Gasteiger partial charge >= 0.3 is 0 Å². The number of hydrogen-bond acceptors (Lipinski definition) is 5. The lowest BCUT2D eigenvalue weighted by Gasteiger charge is -2.45. The number of hydrazine groups is 1. The molecule has 25 heavy (non-hydrogen) atoms. The zero-order valence-electron chi connectivity index (χ0n) is 17.0. The maximum absolute atomic E-state index is 12.6. The molecule has 2 unspecified atom stereocenters. The lowest BCUT2D eigenvalue weighted by atomic mass is 9.82. The van der Waals surface area contributed by atoms with Crippen LogP contribution < -0.4 is 10.7 Å². The van der Waals surface area contributed by atoms with Gasteiger partial charge in [0, 0.05) is 25.6 Å². The van der Waals surface area contributed by atoms with Crippen LogP contribution in [-0.4, -0.2) is 56.3 Å². The Balaban J connectivity index is 1.95. The van der Waals surface area contributed by atoms with E-state index in [0.717, 1.165) is 6.42 Å². The second-order valence-electron chi connectivity index (χ2n) is 9.27. The predicted molar refractivity (Wildman–Crippen MR) is 102 cm³/mol. The first-order valence-electron chi connectivity index (χ1n) is 9.33. The van der Waals surface area contributed by atoms with Crippen LogP contribution in [0.4, 0.5) is 0 Å². The van der Waals surface area contributed by atoms with Gasteiger partial charge in [0.2, 0.25) is 5.91 Å². The first-order chi connectivity index (χ1) is 11.3. The smallest absolute Gasteiger partial charge is 0.228 e. The minimum Gasteiger partial charge on any atom is -0.413 e. The molecular formula is C18H35N3O3Si. The van der Waals surface area contributed by atoms with Crippen LogP contribution >= 0.6 is 0 Å². The Kier molecular flexibility index (Phi) is 5.83. The number of Topliss-reactive ketones (excluding diaryl/α,β-unsaturated/α-hetero) is 1. The molecule has 0 saturated carbocycles. The summed E-state index contributed by atoms with van der Waals surface area (Å²) in [5, 5.41) is 5.00. The van der Waals surface area contributed by atoms with Gasteiger partial charge in [-0.15, -0.1) is 0 Å². The molecule has 1 amide bonds. The van der Waals surface area contributed by atoms with Crippen molar-refractivity contribution in [3.8, 4) is 0 Å². The number of β-lactam (4-membered cyclic amide) rings is 1. The minimum absolute atomic E-state index is 0.00822. The molecule has 2 saturated heterocycles. The third-order valence-electron chi connectivity index (χ3n) is 6.26. The van der Waals surface area contributed by atoms with Crippen molar-refractivity contribution < 1.29 is 14.0 Å². The molecule has 2 N–H and O–H groups in total. The van der Waals surface area contributed by atoms with Crippen LogP contribution in [0.15, 0.2) is 0 Å². The van der Waals surface area contributed by atoms with Gasteiger partial charge in [-0.1, -0.05) is 20.8 Å². The Hall–Kier alpha value is -0.763. The number of rotatable bonds is 6. The number of amides is 1. The maximum atomic E-state index is 12.6. The molecule has 0 aromatic rings. The fraction of sp³-hybridized carbons (Fsp3) is 0.889. The average Bonchev–Trinajstić information content (AvgIpc) is 2.75. The van der Waals surface area contributed by atoms with E-state index in [9.17, 15) is 9.59 Å². The van der Waals surface area contributed by atoms with E-state index < -0.39 is 8.32 Å². The van der Waals surface area contributed by atoms with Crippen LogP contribution in [0.1, 0.15) is 47.5 Å². The highest BCUT2D eigenvalue weighted by Gasteiger charge is 2.48. The fourth-order valence-electron chi connectivity index (χ4n) is 3.38. The normalized spacial score (nSPS) is 32.2. The molecule has 5 atom stereocenters. The van der Waals surface area contributed by atoms with Gasteiger partial charge in [0.25, 0.3) is 0 Å². The van der Waals surface area contributed by atoms with Crippen LogP contribution in [0.2, 0.25) is 18.1 Å². The molecule has 2 aliphatic rings.